The number of hydrogen-bond donors (Lipinski definition) is 1. The molecule has 2 aromatic carbocycles. The second kappa shape index (κ2) is 5.24. The summed E-state index contributed by atoms with van der Waals surface area (Å²) in [5.41, 5.74) is 2.74. The molecule has 2 aromatic rings. The van der Waals surface area contributed by atoms with E-state index >= 15 is 0 Å². The molecular formula is C18H19NO2. The number of ether oxygens (including phenoxy) is 1. The minimum Gasteiger partial charge on any atom is -0.497 e. The monoisotopic (exact) mass is 281 g/mol. The molecule has 0 unspecified atom stereocenters. The minimum absolute atomic E-state index is 0.0691. The first-order chi connectivity index (χ1) is 10.1. The summed E-state index contributed by atoms with van der Waals surface area (Å²) < 4.78 is 5.18. The van der Waals surface area contributed by atoms with Gasteiger partial charge >= 0.3 is 0 Å². The summed E-state index contributed by atoms with van der Waals surface area (Å²) in [6.45, 7) is 2.06. The van der Waals surface area contributed by atoms with Crippen LogP contribution in [0.3, 0.4) is 0 Å². The molecule has 3 heteroatoms. The third kappa shape index (κ3) is 2.64. The quantitative estimate of drug-likeness (QED) is 0.928. The zero-order chi connectivity index (χ0) is 14.9. The lowest BCUT2D eigenvalue weighted by Crippen LogP contribution is -2.27. The smallest absolute Gasteiger partial charge is 0.235 e. The molecular weight excluding hydrogens is 262 g/mol. The number of carbonyl (C=O) groups is 1. The van der Waals surface area contributed by atoms with Crippen molar-refractivity contribution in [2.24, 2.45) is 0 Å². The van der Waals surface area contributed by atoms with Gasteiger partial charge in [0.1, 0.15) is 5.75 Å². The first-order valence-corrected chi connectivity index (χ1v) is 7.17. The highest BCUT2D eigenvalue weighted by Gasteiger charge is 2.51. The molecule has 0 aromatic heterocycles. The molecule has 3 rings (SSSR count). The Hall–Kier alpha value is -2.29. The van der Waals surface area contributed by atoms with Crippen LogP contribution in [-0.2, 0) is 10.2 Å². The second-order valence-corrected chi connectivity index (χ2v) is 5.63. The average Bonchev–Trinajstić information content (AvgIpc) is 3.30. The Morgan fingerprint density at radius 1 is 1.14 bits per heavy atom. The second-order valence-electron chi connectivity index (χ2n) is 5.63. The highest BCUT2D eigenvalue weighted by atomic mass is 16.5. The SMILES string of the molecule is COc1cccc(NC(=O)C2(c3ccc(C)cc3)CC2)c1. The van der Waals surface area contributed by atoms with Gasteiger partial charge in [-0.3, -0.25) is 4.79 Å². The third-order valence-corrected chi connectivity index (χ3v) is 4.12. The van der Waals surface area contributed by atoms with Crippen molar-refractivity contribution in [2.45, 2.75) is 25.2 Å². The van der Waals surface area contributed by atoms with E-state index in [0.29, 0.717) is 0 Å². The number of carbonyl (C=O) groups excluding carboxylic acids is 1. The molecule has 1 amide bonds. The summed E-state index contributed by atoms with van der Waals surface area (Å²) in [6.07, 6.45) is 1.82. The molecule has 0 radical (unpaired) electrons. The van der Waals surface area contributed by atoms with E-state index in [0.717, 1.165) is 29.8 Å². The van der Waals surface area contributed by atoms with Crippen LogP contribution in [0, 0.1) is 6.92 Å². The molecule has 0 heterocycles. The maximum absolute atomic E-state index is 12.6. The third-order valence-electron chi connectivity index (χ3n) is 4.12. The van der Waals surface area contributed by atoms with E-state index < -0.39 is 0 Å². The summed E-state index contributed by atoms with van der Waals surface area (Å²) in [5, 5.41) is 3.01. The number of rotatable bonds is 4. The normalized spacial score (nSPS) is 15.3. The number of nitrogens with one attached hydrogen (secondary N) is 1. The molecule has 1 saturated carbocycles. The first-order valence-electron chi connectivity index (χ1n) is 7.17. The Labute approximate surface area is 124 Å². The number of amides is 1. The van der Waals surface area contributed by atoms with Gasteiger partial charge in [0, 0.05) is 11.8 Å². The van der Waals surface area contributed by atoms with E-state index in [9.17, 15) is 4.79 Å². The predicted octanol–water partition coefficient (Wildman–Crippen LogP) is 3.67. The van der Waals surface area contributed by atoms with Crippen LogP contribution >= 0.6 is 0 Å². The maximum atomic E-state index is 12.6. The molecule has 21 heavy (non-hydrogen) atoms. The molecule has 1 aliphatic rings. The average molecular weight is 281 g/mol. The van der Waals surface area contributed by atoms with Crippen molar-refractivity contribution in [2.75, 3.05) is 12.4 Å². The molecule has 1 N–H and O–H groups in total. The fourth-order valence-electron chi connectivity index (χ4n) is 2.60. The van der Waals surface area contributed by atoms with E-state index in [1.807, 2.05) is 24.3 Å². The lowest BCUT2D eigenvalue weighted by molar-refractivity contribution is -0.118. The van der Waals surface area contributed by atoms with Crippen molar-refractivity contribution in [3.63, 3.8) is 0 Å². The zero-order valence-corrected chi connectivity index (χ0v) is 12.3. The Morgan fingerprint density at radius 3 is 2.48 bits per heavy atom. The van der Waals surface area contributed by atoms with Crippen molar-refractivity contribution in [1.29, 1.82) is 0 Å². The highest BCUT2D eigenvalue weighted by molar-refractivity contribution is 6.01. The number of anilines is 1. The maximum Gasteiger partial charge on any atom is 0.235 e. The predicted molar refractivity (Wildman–Crippen MR) is 83.7 cm³/mol. The minimum atomic E-state index is -0.350. The van der Waals surface area contributed by atoms with Gasteiger partial charge in [0.2, 0.25) is 5.91 Å². The standard InChI is InChI=1S/C18H19NO2/c1-13-6-8-14(9-7-13)18(10-11-18)17(20)19-15-4-3-5-16(12-15)21-2/h3-9,12H,10-11H2,1-2H3,(H,19,20). The van der Waals surface area contributed by atoms with Crippen molar-refractivity contribution in [3.8, 4) is 5.75 Å². The zero-order valence-electron chi connectivity index (χ0n) is 12.3. The van der Waals surface area contributed by atoms with Gasteiger partial charge in [-0.25, -0.2) is 0 Å². The van der Waals surface area contributed by atoms with Crippen LogP contribution in [0.25, 0.3) is 0 Å². The van der Waals surface area contributed by atoms with Gasteiger partial charge in [-0.2, -0.15) is 0 Å². The number of aryl methyl sites for hydroxylation is 1. The van der Waals surface area contributed by atoms with E-state index in [2.05, 4.69) is 36.5 Å². The molecule has 0 saturated heterocycles. The number of benzene rings is 2. The van der Waals surface area contributed by atoms with E-state index in [-0.39, 0.29) is 11.3 Å². The van der Waals surface area contributed by atoms with Gasteiger partial charge in [-0.05, 0) is 37.5 Å². The molecule has 108 valence electrons. The summed E-state index contributed by atoms with van der Waals surface area (Å²) >= 11 is 0. The summed E-state index contributed by atoms with van der Waals surface area (Å²) in [5.74, 6) is 0.813. The Bertz CT molecular complexity index is 657. The Balaban J connectivity index is 1.80. The largest absolute Gasteiger partial charge is 0.497 e. The van der Waals surface area contributed by atoms with Gasteiger partial charge in [0.05, 0.1) is 12.5 Å². The highest BCUT2D eigenvalue weighted by Crippen LogP contribution is 2.49. The van der Waals surface area contributed by atoms with Crippen LogP contribution in [0.5, 0.6) is 5.75 Å². The van der Waals surface area contributed by atoms with Crippen LogP contribution in [0.1, 0.15) is 24.0 Å². The van der Waals surface area contributed by atoms with Crippen LogP contribution in [0.15, 0.2) is 48.5 Å². The van der Waals surface area contributed by atoms with Gasteiger partial charge < -0.3 is 10.1 Å². The summed E-state index contributed by atoms with van der Waals surface area (Å²) in [6, 6.07) is 15.7. The van der Waals surface area contributed by atoms with Crippen LogP contribution in [0.2, 0.25) is 0 Å². The van der Waals surface area contributed by atoms with Gasteiger partial charge in [-0.15, -0.1) is 0 Å². The summed E-state index contributed by atoms with van der Waals surface area (Å²) in [4.78, 5) is 12.6. The van der Waals surface area contributed by atoms with Crippen LogP contribution in [0.4, 0.5) is 5.69 Å². The number of hydrogen-bond acceptors (Lipinski definition) is 2. The molecule has 1 aliphatic carbocycles. The van der Waals surface area contributed by atoms with Gasteiger partial charge in [0.15, 0.2) is 0 Å². The first kappa shape index (κ1) is 13.7. The molecule has 0 spiro atoms. The van der Waals surface area contributed by atoms with Crippen molar-refractivity contribution in [3.05, 3.63) is 59.7 Å². The van der Waals surface area contributed by atoms with Crippen LogP contribution < -0.4 is 10.1 Å². The van der Waals surface area contributed by atoms with E-state index in [1.165, 1.54) is 5.56 Å². The summed E-state index contributed by atoms with van der Waals surface area (Å²) in [7, 11) is 1.62. The molecule has 0 bridgehead atoms. The molecule has 3 nitrogen and oxygen atoms in total. The number of methoxy groups -OCH3 is 1. The lowest BCUT2D eigenvalue weighted by atomic mass is 9.94. The molecule has 0 aliphatic heterocycles. The fourth-order valence-corrected chi connectivity index (χ4v) is 2.60. The van der Waals surface area contributed by atoms with Gasteiger partial charge in [-0.1, -0.05) is 35.9 Å². The van der Waals surface area contributed by atoms with Gasteiger partial charge in [0.25, 0.3) is 0 Å². The fraction of sp³-hybridized carbons (Fsp3) is 0.278. The Morgan fingerprint density at radius 2 is 1.86 bits per heavy atom. The molecule has 0 atom stereocenters. The van der Waals surface area contributed by atoms with Crippen molar-refractivity contribution in [1.82, 2.24) is 0 Å². The lowest BCUT2D eigenvalue weighted by Gasteiger charge is -2.16. The van der Waals surface area contributed by atoms with E-state index in [1.54, 1.807) is 7.11 Å². The van der Waals surface area contributed by atoms with Crippen LogP contribution in [-0.4, -0.2) is 13.0 Å². The van der Waals surface area contributed by atoms with Crippen molar-refractivity contribution >= 4 is 11.6 Å². The topological polar surface area (TPSA) is 38.3 Å². The van der Waals surface area contributed by atoms with E-state index in [4.69, 9.17) is 4.74 Å². The molecule has 1 fully saturated rings. The Kier molecular flexibility index (Phi) is 3.42. The van der Waals surface area contributed by atoms with Crippen molar-refractivity contribution < 1.29 is 9.53 Å².